The molecule has 31 heavy (non-hydrogen) atoms. The van der Waals surface area contributed by atoms with Crippen LogP contribution in [0.3, 0.4) is 0 Å². The van der Waals surface area contributed by atoms with Gasteiger partial charge < -0.3 is 0 Å². The summed E-state index contributed by atoms with van der Waals surface area (Å²) in [6, 6.07) is -17.0. The van der Waals surface area contributed by atoms with Crippen molar-refractivity contribution in [1.29, 1.82) is 0 Å². The van der Waals surface area contributed by atoms with Gasteiger partial charge in [0.25, 0.3) is 0 Å². The molecule has 0 unspecified atom stereocenters. The van der Waals surface area contributed by atoms with Crippen molar-refractivity contribution < 1.29 is 92.3 Å². The highest BCUT2D eigenvalue weighted by molar-refractivity contribution is 5.10. The normalized spacial score (nSPS) is 16.8. The van der Waals surface area contributed by atoms with Crippen molar-refractivity contribution in [3.8, 4) is 0 Å². The zero-order valence-electron chi connectivity index (χ0n) is 12.9. The minimum Gasteiger partial charge on any atom is -0.192 e. The summed E-state index contributed by atoms with van der Waals surface area (Å²) < 4.78 is 262. The summed E-state index contributed by atoms with van der Waals surface area (Å²) in [4.78, 5) is 0. The Hall–Kier alpha value is -1.51. The van der Waals surface area contributed by atoms with Crippen LogP contribution < -0.4 is 0 Å². The van der Waals surface area contributed by atoms with Crippen molar-refractivity contribution >= 4 is 0 Å². The van der Waals surface area contributed by atoms with Crippen LogP contribution >= 0.6 is 0 Å². The fraction of sp³-hybridized carbons (Fsp3) is 1.00. The van der Waals surface area contributed by atoms with Gasteiger partial charge in [0, 0.05) is 0 Å². The standard InChI is InChI=1S/C9F21N/c10-1(11,3(14,15)6(20,21)22)2(12,13)4(16,17)8(26,27)31(30)9(28,29)5(18,19)7(23,24)25. The molecule has 0 N–H and O–H groups in total. The summed E-state index contributed by atoms with van der Waals surface area (Å²) in [5.41, 5.74) is 0. The molecule has 0 heterocycles. The monoisotopic (exact) mass is 521 g/mol. The Morgan fingerprint density at radius 1 is 0.290 bits per heavy atom. The third kappa shape index (κ3) is 3.70. The van der Waals surface area contributed by atoms with E-state index in [0.717, 1.165) is 0 Å². The van der Waals surface area contributed by atoms with Crippen LogP contribution in [0.25, 0.3) is 0 Å². The zero-order chi connectivity index (χ0) is 26.1. The lowest BCUT2D eigenvalue weighted by atomic mass is 9.96. The number of hydrogen-bond acceptors (Lipinski definition) is 1. The summed E-state index contributed by atoms with van der Waals surface area (Å²) in [5, 5.41) is -5.02. The molecule has 0 spiro atoms. The number of halogens is 21. The third-order valence-electron chi connectivity index (χ3n) is 3.14. The summed E-state index contributed by atoms with van der Waals surface area (Å²) >= 11 is 0. The Balaban J connectivity index is 6.72. The van der Waals surface area contributed by atoms with Gasteiger partial charge in [-0.25, -0.2) is 0 Å². The average Bonchev–Trinajstić information content (AvgIpc) is 2.50. The molecule has 0 aliphatic carbocycles. The van der Waals surface area contributed by atoms with Gasteiger partial charge in [0.2, 0.25) is 0 Å². The van der Waals surface area contributed by atoms with E-state index in [2.05, 4.69) is 0 Å². The fourth-order valence-corrected chi connectivity index (χ4v) is 1.35. The maximum Gasteiger partial charge on any atom is 0.461 e. The summed E-state index contributed by atoms with van der Waals surface area (Å²) in [6.07, 6.45) is -15.7. The van der Waals surface area contributed by atoms with Gasteiger partial charge in [0.15, 0.2) is 0 Å². The quantitative estimate of drug-likeness (QED) is 0.206. The molecule has 0 aliphatic rings. The van der Waals surface area contributed by atoms with E-state index in [1.807, 2.05) is 0 Å². The van der Waals surface area contributed by atoms with Crippen LogP contribution in [0, 0.1) is 0 Å². The van der Waals surface area contributed by atoms with Crippen molar-refractivity contribution in [2.75, 3.05) is 0 Å². The molecule has 0 aromatic carbocycles. The maximum atomic E-state index is 13.0. The lowest BCUT2D eigenvalue weighted by Gasteiger charge is -2.42. The first-order valence-electron chi connectivity index (χ1n) is 6.15. The van der Waals surface area contributed by atoms with Gasteiger partial charge in [0.1, 0.15) is 0 Å². The maximum absolute atomic E-state index is 13.0. The molecule has 0 radical (unpaired) electrons. The van der Waals surface area contributed by atoms with Gasteiger partial charge in [-0.1, -0.05) is 0 Å². The highest BCUT2D eigenvalue weighted by atomic mass is 19.4. The Morgan fingerprint density at radius 2 is 0.516 bits per heavy atom. The van der Waals surface area contributed by atoms with Crippen molar-refractivity contribution in [2.45, 2.75) is 54.1 Å². The van der Waals surface area contributed by atoms with E-state index in [-0.39, 0.29) is 0 Å². The van der Waals surface area contributed by atoms with Gasteiger partial charge in [-0.2, -0.15) is 87.8 Å². The predicted octanol–water partition coefficient (Wildman–Crippen LogP) is 6.66. The Kier molecular flexibility index (Phi) is 6.65. The van der Waals surface area contributed by atoms with E-state index in [9.17, 15) is 92.3 Å². The first kappa shape index (κ1) is 29.5. The lowest BCUT2D eigenvalue weighted by Crippen LogP contribution is -2.74. The van der Waals surface area contributed by atoms with Crippen molar-refractivity contribution in [2.24, 2.45) is 0 Å². The molecule has 0 aliphatic heterocycles. The molecule has 0 rings (SSSR count). The van der Waals surface area contributed by atoms with Crippen molar-refractivity contribution in [3.63, 3.8) is 0 Å². The van der Waals surface area contributed by atoms with Crippen LogP contribution in [0.4, 0.5) is 92.3 Å². The molecule has 0 saturated carbocycles. The summed E-state index contributed by atoms with van der Waals surface area (Å²) in [7, 11) is 0. The topological polar surface area (TPSA) is 3.24 Å². The van der Waals surface area contributed by atoms with Crippen molar-refractivity contribution in [3.05, 3.63) is 0 Å². The molecule has 0 fully saturated rings. The van der Waals surface area contributed by atoms with E-state index in [1.54, 1.807) is 0 Å². The SMILES string of the molecule is FN(C(F)(F)C(F)(F)C(F)(F)F)C(F)(F)C(F)(F)C(F)(F)C(F)(F)C(F)(F)C(F)(F)F. The van der Waals surface area contributed by atoms with Gasteiger partial charge in [0.05, 0.1) is 0 Å². The second-order valence-electron chi connectivity index (χ2n) is 5.23. The van der Waals surface area contributed by atoms with Crippen LogP contribution in [0.1, 0.15) is 0 Å². The van der Waals surface area contributed by atoms with Gasteiger partial charge in [-0.05, 0) is 5.12 Å². The fourth-order valence-electron chi connectivity index (χ4n) is 1.35. The van der Waals surface area contributed by atoms with Crippen LogP contribution in [0.2, 0.25) is 0 Å². The largest absolute Gasteiger partial charge is 0.461 e. The molecule has 0 bridgehead atoms. The van der Waals surface area contributed by atoms with Gasteiger partial charge in [-0.15, -0.1) is 4.48 Å². The van der Waals surface area contributed by atoms with E-state index >= 15 is 0 Å². The Morgan fingerprint density at radius 3 is 0.774 bits per heavy atom. The average molecular weight is 521 g/mol. The number of rotatable bonds is 7. The number of alkyl halides is 20. The molecule has 188 valence electrons. The van der Waals surface area contributed by atoms with E-state index < -0.39 is 59.2 Å². The molecular weight excluding hydrogens is 521 g/mol. The Labute approximate surface area is 153 Å². The van der Waals surface area contributed by atoms with E-state index in [1.165, 1.54) is 0 Å². The van der Waals surface area contributed by atoms with E-state index in [4.69, 9.17) is 0 Å². The molecule has 0 amide bonds. The molecule has 0 atom stereocenters. The molecule has 0 aromatic rings. The molecule has 0 aromatic heterocycles. The summed E-state index contributed by atoms with van der Waals surface area (Å²) in [5.74, 6) is -43.1. The zero-order valence-corrected chi connectivity index (χ0v) is 12.9. The highest BCUT2D eigenvalue weighted by Gasteiger charge is 2.93. The molecular formula is C9F21N. The van der Waals surface area contributed by atoms with Crippen molar-refractivity contribution in [1.82, 2.24) is 5.12 Å². The lowest BCUT2D eigenvalue weighted by molar-refractivity contribution is -0.503. The van der Waals surface area contributed by atoms with E-state index in [0.29, 0.717) is 0 Å². The van der Waals surface area contributed by atoms with Crippen LogP contribution in [0.5, 0.6) is 0 Å². The predicted molar refractivity (Wildman–Crippen MR) is 49.7 cm³/mol. The minimum absolute atomic E-state index is 5.02. The minimum atomic E-state index is -8.91. The second kappa shape index (κ2) is 6.99. The summed E-state index contributed by atoms with van der Waals surface area (Å²) in [6.45, 7) is 0. The van der Waals surface area contributed by atoms with Gasteiger partial charge >= 0.3 is 54.1 Å². The van der Waals surface area contributed by atoms with Gasteiger partial charge in [-0.3, -0.25) is 0 Å². The smallest absolute Gasteiger partial charge is 0.192 e. The highest BCUT2D eigenvalue weighted by Crippen LogP contribution is 2.62. The van der Waals surface area contributed by atoms with Crippen LogP contribution in [-0.2, 0) is 0 Å². The third-order valence-corrected chi connectivity index (χ3v) is 3.14. The first-order chi connectivity index (χ1) is 12.9. The first-order valence-corrected chi connectivity index (χ1v) is 6.15. The Bertz CT molecular complexity index is 651. The number of nitrogens with zero attached hydrogens (tertiary/aromatic N) is 1. The molecule has 1 nitrogen and oxygen atoms in total. The number of hydrogen-bond donors (Lipinski definition) is 0. The molecule has 0 saturated heterocycles. The second-order valence-corrected chi connectivity index (χ2v) is 5.23. The van der Waals surface area contributed by atoms with Crippen LogP contribution in [-0.4, -0.2) is 59.2 Å². The van der Waals surface area contributed by atoms with Crippen LogP contribution in [0.15, 0.2) is 0 Å². The molecule has 22 heteroatoms.